The number of rotatable bonds is 4. The van der Waals surface area contributed by atoms with Crippen LogP contribution >= 0.6 is 0 Å². The first-order valence-corrected chi connectivity index (χ1v) is 6.77. The maximum atomic E-state index is 5.93. The summed E-state index contributed by atoms with van der Waals surface area (Å²) in [5.74, 6) is 2.23. The van der Waals surface area contributed by atoms with E-state index in [-0.39, 0.29) is 0 Å². The van der Waals surface area contributed by atoms with E-state index >= 15 is 0 Å². The van der Waals surface area contributed by atoms with E-state index in [0.717, 1.165) is 17.1 Å². The fourth-order valence-electron chi connectivity index (χ4n) is 2.43. The number of oxazole rings is 1. The molecule has 0 radical (unpaired) electrons. The Bertz CT molecular complexity index is 527. The van der Waals surface area contributed by atoms with Gasteiger partial charge in [-0.2, -0.15) is 0 Å². The maximum absolute atomic E-state index is 5.93. The van der Waals surface area contributed by atoms with Crippen molar-refractivity contribution < 1.29 is 9.15 Å². The van der Waals surface area contributed by atoms with Gasteiger partial charge in [0, 0.05) is 5.56 Å². The maximum Gasteiger partial charge on any atom is 0.208 e. The van der Waals surface area contributed by atoms with E-state index in [1.807, 2.05) is 24.3 Å². The topological polar surface area (TPSA) is 61.3 Å². The number of nitrogens with two attached hydrogens (primary N) is 1. The Morgan fingerprint density at radius 2 is 1.95 bits per heavy atom. The van der Waals surface area contributed by atoms with Gasteiger partial charge in [-0.1, -0.05) is 0 Å². The van der Waals surface area contributed by atoms with E-state index in [1.54, 1.807) is 6.20 Å². The van der Waals surface area contributed by atoms with Crippen molar-refractivity contribution in [2.75, 3.05) is 0 Å². The van der Waals surface area contributed by atoms with Crippen molar-refractivity contribution >= 4 is 0 Å². The molecule has 1 heterocycles. The Balaban J connectivity index is 1.70. The lowest BCUT2D eigenvalue weighted by Crippen LogP contribution is -2.10. The van der Waals surface area contributed by atoms with Crippen LogP contribution in [0, 0.1) is 0 Å². The summed E-state index contributed by atoms with van der Waals surface area (Å²) in [6.07, 6.45) is 6.99. The van der Waals surface area contributed by atoms with Crippen LogP contribution < -0.4 is 10.5 Å². The molecule has 0 aliphatic heterocycles. The van der Waals surface area contributed by atoms with Crippen LogP contribution in [0.3, 0.4) is 0 Å². The van der Waals surface area contributed by atoms with Crippen molar-refractivity contribution in [1.82, 2.24) is 4.98 Å². The molecule has 100 valence electrons. The lowest BCUT2D eigenvalue weighted by molar-refractivity contribution is 0.210. The lowest BCUT2D eigenvalue weighted by atomic mass is 10.2. The largest absolute Gasteiger partial charge is 0.490 e. The summed E-state index contributed by atoms with van der Waals surface area (Å²) < 4.78 is 11.4. The second-order valence-corrected chi connectivity index (χ2v) is 4.87. The van der Waals surface area contributed by atoms with Crippen LogP contribution in [0.2, 0.25) is 0 Å². The number of hydrogen-bond donors (Lipinski definition) is 1. The molecule has 4 nitrogen and oxygen atoms in total. The minimum Gasteiger partial charge on any atom is -0.490 e. The highest BCUT2D eigenvalue weighted by molar-refractivity contribution is 5.57. The number of hydrogen-bond acceptors (Lipinski definition) is 4. The smallest absolute Gasteiger partial charge is 0.208 e. The Morgan fingerprint density at radius 3 is 2.58 bits per heavy atom. The van der Waals surface area contributed by atoms with Crippen molar-refractivity contribution in [2.45, 2.75) is 38.3 Å². The molecule has 1 aromatic carbocycles. The van der Waals surface area contributed by atoms with Crippen LogP contribution in [0.4, 0.5) is 0 Å². The van der Waals surface area contributed by atoms with E-state index in [9.17, 15) is 0 Å². The Hall–Kier alpha value is -1.81. The Morgan fingerprint density at radius 1 is 1.21 bits per heavy atom. The molecular weight excluding hydrogens is 240 g/mol. The van der Waals surface area contributed by atoms with Crippen molar-refractivity contribution in [3.63, 3.8) is 0 Å². The molecule has 2 N–H and O–H groups in total. The molecule has 19 heavy (non-hydrogen) atoms. The summed E-state index contributed by atoms with van der Waals surface area (Å²) in [4.78, 5) is 4.09. The van der Waals surface area contributed by atoms with Gasteiger partial charge in [-0.15, -0.1) is 0 Å². The van der Waals surface area contributed by atoms with Crippen molar-refractivity contribution in [1.29, 1.82) is 0 Å². The Kier molecular flexibility index (Phi) is 3.51. The molecule has 0 amide bonds. The molecule has 1 aliphatic rings. The third-order valence-corrected chi connectivity index (χ3v) is 3.47. The molecule has 2 aromatic rings. The van der Waals surface area contributed by atoms with Crippen molar-refractivity contribution in [3.05, 3.63) is 36.4 Å². The van der Waals surface area contributed by atoms with E-state index in [2.05, 4.69) is 4.98 Å². The third-order valence-electron chi connectivity index (χ3n) is 3.47. The zero-order valence-corrected chi connectivity index (χ0v) is 10.8. The highest BCUT2D eigenvalue weighted by Crippen LogP contribution is 2.27. The van der Waals surface area contributed by atoms with Gasteiger partial charge in [-0.25, -0.2) is 4.98 Å². The number of nitrogens with zero attached hydrogens (tertiary/aromatic N) is 1. The number of benzene rings is 1. The average Bonchev–Trinajstić information content (AvgIpc) is 3.10. The summed E-state index contributed by atoms with van der Waals surface area (Å²) in [5, 5.41) is 0. The normalized spacial score (nSPS) is 15.8. The zero-order valence-electron chi connectivity index (χ0n) is 10.8. The monoisotopic (exact) mass is 258 g/mol. The molecule has 0 saturated heterocycles. The van der Waals surface area contributed by atoms with E-state index in [1.165, 1.54) is 25.7 Å². The van der Waals surface area contributed by atoms with Gasteiger partial charge in [0.05, 0.1) is 18.8 Å². The predicted octanol–water partition coefficient (Wildman–Crippen LogP) is 3.12. The first-order chi connectivity index (χ1) is 9.35. The molecule has 3 rings (SSSR count). The molecule has 1 aromatic heterocycles. The van der Waals surface area contributed by atoms with E-state index in [0.29, 0.717) is 18.5 Å². The van der Waals surface area contributed by atoms with Gasteiger partial charge in [0.1, 0.15) is 5.75 Å². The fourth-order valence-corrected chi connectivity index (χ4v) is 2.43. The van der Waals surface area contributed by atoms with Crippen molar-refractivity contribution in [2.24, 2.45) is 5.73 Å². The van der Waals surface area contributed by atoms with E-state index in [4.69, 9.17) is 14.9 Å². The van der Waals surface area contributed by atoms with Crippen LogP contribution in [0.15, 0.2) is 34.9 Å². The molecule has 0 spiro atoms. The van der Waals surface area contributed by atoms with Gasteiger partial charge >= 0.3 is 0 Å². The number of aromatic nitrogens is 1. The highest BCUT2D eigenvalue weighted by atomic mass is 16.5. The summed E-state index contributed by atoms with van der Waals surface area (Å²) in [5.41, 5.74) is 6.47. The molecule has 1 fully saturated rings. The van der Waals surface area contributed by atoms with Gasteiger partial charge in [0.15, 0.2) is 5.76 Å². The van der Waals surface area contributed by atoms with Crippen molar-refractivity contribution in [3.8, 4) is 17.1 Å². The molecule has 0 bridgehead atoms. The SMILES string of the molecule is NCc1ncc(-c2ccc(OC3CCCC3)cc2)o1. The minimum atomic E-state index is 0.322. The Labute approximate surface area is 112 Å². The first kappa shape index (κ1) is 12.2. The van der Waals surface area contributed by atoms with Gasteiger partial charge in [-0.05, 0) is 49.9 Å². The van der Waals surface area contributed by atoms with Gasteiger partial charge in [0.25, 0.3) is 0 Å². The summed E-state index contributed by atoms with van der Waals surface area (Å²) in [6.45, 7) is 0.322. The summed E-state index contributed by atoms with van der Waals surface area (Å²) in [7, 11) is 0. The quantitative estimate of drug-likeness (QED) is 0.915. The molecule has 4 heteroatoms. The predicted molar refractivity (Wildman–Crippen MR) is 72.7 cm³/mol. The van der Waals surface area contributed by atoms with Crippen LogP contribution in [0.1, 0.15) is 31.6 Å². The van der Waals surface area contributed by atoms with Gasteiger partial charge in [-0.3, -0.25) is 0 Å². The minimum absolute atomic E-state index is 0.322. The first-order valence-electron chi connectivity index (χ1n) is 6.77. The summed E-state index contributed by atoms with van der Waals surface area (Å²) >= 11 is 0. The second-order valence-electron chi connectivity index (χ2n) is 4.87. The fraction of sp³-hybridized carbons (Fsp3) is 0.400. The molecule has 1 aliphatic carbocycles. The third kappa shape index (κ3) is 2.79. The molecule has 0 unspecified atom stereocenters. The van der Waals surface area contributed by atoms with Crippen LogP contribution in [0.25, 0.3) is 11.3 Å². The summed E-state index contributed by atoms with van der Waals surface area (Å²) in [6, 6.07) is 7.95. The lowest BCUT2D eigenvalue weighted by Gasteiger charge is -2.12. The molecule has 1 saturated carbocycles. The van der Waals surface area contributed by atoms with Gasteiger partial charge in [0.2, 0.25) is 5.89 Å². The zero-order chi connectivity index (χ0) is 13.1. The second kappa shape index (κ2) is 5.45. The van der Waals surface area contributed by atoms with Crippen LogP contribution in [-0.2, 0) is 6.54 Å². The van der Waals surface area contributed by atoms with Crippen LogP contribution in [-0.4, -0.2) is 11.1 Å². The van der Waals surface area contributed by atoms with E-state index < -0.39 is 0 Å². The average molecular weight is 258 g/mol. The standard InChI is InChI=1S/C15H18N2O2/c16-9-15-17-10-14(19-15)11-5-7-13(8-6-11)18-12-3-1-2-4-12/h5-8,10,12H,1-4,9,16H2. The van der Waals surface area contributed by atoms with Gasteiger partial charge < -0.3 is 14.9 Å². The van der Waals surface area contributed by atoms with Crippen LogP contribution in [0.5, 0.6) is 5.75 Å². The number of ether oxygens (including phenoxy) is 1. The molecule has 0 atom stereocenters. The highest BCUT2D eigenvalue weighted by Gasteiger charge is 2.16. The molecular formula is C15H18N2O2.